The van der Waals surface area contributed by atoms with Crippen LogP contribution in [-0.4, -0.2) is 30.3 Å². The van der Waals surface area contributed by atoms with Gasteiger partial charge in [-0.25, -0.2) is 19.1 Å². The summed E-state index contributed by atoms with van der Waals surface area (Å²) in [5, 5.41) is 4.37. The Bertz CT molecular complexity index is 798. The third kappa shape index (κ3) is 4.12. The van der Waals surface area contributed by atoms with Crippen LogP contribution in [0, 0.1) is 5.82 Å². The molecule has 0 aromatic heterocycles. The second kappa shape index (κ2) is 7.72. The summed E-state index contributed by atoms with van der Waals surface area (Å²) in [4.78, 5) is 31.4. The molecule has 0 saturated carbocycles. The maximum Gasteiger partial charge on any atom is 0.350 e. The minimum Gasteiger partial charge on any atom is -0.352 e. The van der Waals surface area contributed by atoms with Gasteiger partial charge in [-0.15, -0.1) is 0 Å². The van der Waals surface area contributed by atoms with Gasteiger partial charge in [0, 0.05) is 24.3 Å². The summed E-state index contributed by atoms with van der Waals surface area (Å²) < 4.78 is 12.9. The highest BCUT2D eigenvalue weighted by Crippen LogP contribution is 2.27. The maximum atomic E-state index is 12.9. The van der Waals surface area contributed by atoms with Crippen LogP contribution in [0.4, 0.5) is 14.9 Å². The second-order valence-electron chi connectivity index (χ2n) is 5.79. The molecule has 1 aliphatic heterocycles. The minimum atomic E-state index is -0.762. The summed E-state index contributed by atoms with van der Waals surface area (Å²) in [6.07, 6.45) is -0.804. The Balaban J connectivity index is 1.64. The number of carbonyl (C=O) groups excluding carboxylic acids is 2. The van der Waals surface area contributed by atoms with E-state index in [1.54, 1.807) is 36.4 Å². The molecule has 0 radical (unpaired) electrons. The van der Waals surface area contributed by atoms with Crippen LogP contribution in [0.3, 0.4) is 0 Å². The van der Waals surface area contributed by atoms with Gasteiger partial charge in [-0.05, 0) is 42.0 Å². The molecule has 3 amide bonds. The number of nitrogens with one attached hydrogen (secondary N) is 1. The molecule has 0 unspecified atom stereocenters. The first-order valence-corrected chi connectivity index (χ1v) is 8.32. The van der Waals surface area contributed by atoms with E-state index >= 15 is 0 Å². The Morgan fingerprint density at radius 3 is 2.50 bits per heavy atom. The Morgan fingerprint density at radius 2 is 1.85 bits per heavy atom. The van der Waals surface area contributed by atoms with Crippen molar-refractivity contribution < 1.29 is 18.8 Å². The number of benzene rings is 2. The monoisotopic (exact) mass is 377 g/mol. The number of urea groups is 1. The van der Waals surface area contributed by atoms with E-state index in [-0.39, 0.29) is 30.7 Å². The lowest BCUT2D eigenvalue weighted by atomic mass is 10.2. The van der Waals surface area contributed by atoms with Gasteiger partial charge in [0.15, 0.2) is 6.23 Å². The first-order valence-electron chi connectivity index (χ1n) is 7.94. The number of hydroxylamine groups is 2. The fourth-order valence-corrected chi connectivity index (χ4v) is 2.72. The number of halogens is 2. The molecule has 8 heteroatoms. The fraction of sp³-hybridized carbons (Fsp3) is 0.222. The average Bonchev–Trinajstić information content (AvgIpc) is 2.89. The van der Waals surface area contributed by atoms with E-state index in [0.29, 0.717) is 10.7 Å². The molecule has 1 atom stereocenters. The number of hydrogen-bond acceptors (Lipinski definition) is 3. The molecule has 0 spiro atoms. The van der Waals surface area contributed by atoms with Crippen LogP contribution >= 0.6 is 11.6 Å². The molecule has 136 valence electrons. The number of hydrogen-bond donors (Lipinski definition) is 1. The highest BCUT2D eigenvalue weighted by molar-refractivity contribution is 6.30. The predicted molar refractivity (Wildman–Crippen MR) is 94.8 cm³/mol. The van der Waals surface area contributed by atoms with Gasteiger partial charge >= 0.3 is 6.03 Å². The lowest BCUT2D eigenvalue weighted by molar-refractivity contribution is -0.133. The molecule has 0 aliphatic carbocycles. The van der Waals surface area contributed by atoms with Crippen molar-refractivity contribution in [3.05, 3.63) is 64.9 Å². The van der Waals surface area contributed by atoms with E-state index in [1.807, 2.05) is 0 Å². The van der Waals surface area contributed by atoms with Crippen molar-refractivity contribution in [3.8, 4) is 0 Å². The smallest absolute Gasteiger partial charge is 0.350 e. The van der Waals surface area contributed by atoms with Gasteiger partial charge < -0.3 is 5.32 Å². The number of amides is 3. The van der Waals surface area contributed by atoms with Crippen LogP contribution in [0.15, 0.2) is 48.5 Å². The molecular weight excluding hydrogens is 361 g/mol. The third-order valence-corrected chi connectivity index (χ3v) is 4.16. The van der Waals surface area contributed by atoms with Gasteiger partial charge in [0.2, 0.25) is 5.91 Å². The van der Waals surface area contributed by atoms with E-state index in [1.165, 1.54) is 24.1 Å². The summed E-state index contributed by atoms with van der Waals surface area (Å²) in [5.74, 6) is -0.624. The SMILES string of the molecule is CN1O[C@@H](CC(=O)NCc2ccc(F)cc2)N(c2ccc(Cl)cc2)C1=O. The second-order valence-corrected chi connectivity index (χ2v) is 6.23. The first-order chi connectivity index (χ1) is 12.4. The van der Waals surface area contributed by atoms with Crippen molar-refractivity contribution in [2.45, 2.75) is 19.2 Å². The van der Waals surface area contributed by atoms with Crippen molar-refractivity contribution in [1.29, 1.82) is 0 Å². The molecule has 1 N–H and O–H groups in total. The maximum absolute atomic E-state index is 12.9. The highest BCUT2D eigenvalue weighted by Gasteiger charge is 2.39. The molecule has 6 nitrogen and oxygen atoms in total. The zero-order chi connectivity index (χ0) is 18.7. The van der Waals surface area contributed by atoms with Crippen molar-refractivity contribution in [2.24, 2.45) is 0 Å². The molecule has 0 bridgehead atoms. The average molecular weight is 378 g/mol. The molecule has 3 rings (SSSR count). The van der Waals surface area contributed by atoms with E-state index in [0.717, 1.165) is 10.6 Å². The fourth-order valence-electron chi connectivity index (χ4n) is 2.59. The van der Waals surface area contributed by atoms with E-state index < -0.39 is 6.23 Å². The van der Waals surface area contributed by atoms with E-state index in [4.69, 9.17) is 16.4 Å². The Labute approximate surface area is 155 Å². The normalized spacial score (nSPS) is 16.9. The highest BCUT2D eigenvalue weighted by atomic mass is 35.5. The van der Waals surface area contributed by atoms with Crippen molar-refractivity contribution in [2.75, 3.05) is 11.9 Å². The molecule has 1 saturated heterocycles. The summed E-state index contributed by atoms with van der Waals surface area (Å²) >= 11 is 5.88. The summed E-state index contributed by atoms with van der Waals surface area (Å²) in [7, 11) is 1.49. The summed E-state index contributed by atoms with van der Waals surface area (Å²) in [6.45, 7) is 0.260. The topological polar surface area (TPSA) is 61.9 Å². The first kappa shape index (κ1) is 18.2. The number of nitrogens with zero attached hydrogens (tertiary/aromatic N) is 2. The van der Waals surface area contributed by atoms with Crippen LogP contribution in [0.2, 0.25) is 5.02 Å². The largest absolute Gasteiger partial charge is 0.352 e. The van der Waals surface area contributed by atoms with Gasteiger partial charge in [-0.1, -0.05) is 23.7 Å². The van der Waals surface area contributed by atoms with E-state index in [2.05, 4.69) is 5.32 Å². The van der Waals surface area contributed by atoms with Crippen molar-refractivity contribution in [3.63, 3.8) is 0 Å². The lowest BCUT2D eigenvalue weighted by Crippen LogP contribution is -2.38. The predicted octanol–water partition coefficient (Wildman–Crippen LogP) is 3.32. The Hall–Kier alpha value is -2.64. The number of carbonyl (C=O) groups is 2. The molecule has 1 aliphatic rings. The van der Waals surface area contributed by atoms with Crippen LogP contribution in [-0.2, 0) is 16.2 Å². The quantitative estimate of drug-likeness (QED) is 0.869. The minimum absolute atomic E-state index is 0.0418. The van der Waals surface area contributed by atoms with E-state index in [9.17, 15) is 14.0 Å². The Kier molecular flexibility index (Phi) is 5.39. The molecule has 1 fully saturated rings. The molecular formula is C18H17ClFN3O3. The Morgan fingerprint density at radius 1 is 1.19 bits per heavy atom. The molecule has 26 heavy (non-hydrogen) atoms. The lowest BCUT2D eigenvalue weighted by Gasteiger charge is -2.20. The summed E-state index contributed by atoms with van der Waals surface area (Å²) in [6, 6.07) is 12.2. The van der Waals surface area contributed by atoms with Crippen LogP contribution in [0.25, 0.3) is 0 Å². The van der Waals surface area contributed by atoms with Crippen LogP contribution in [0.1, 0.15) is 12.0 Å². The molecule has 2 aromatic rings. The zero-order valence-corrected chi connectivity index (χ0v) is 14.7. The van der Waals surface area contributed by atoms with Crippen molar-refractivity contribution >= 4 is 29.2 Å². The van der Waals surface area contributed by atoms with Gasteiger partial charge in [0.05, 0.1) is 6.42 Å². The van der Waals surface area contributed by atoms with Gasteiger partial charge in [-0.2, -0.15) is 0 Å². The zero-order valence-electron chi connectivity index (χ0n) is 14.0. The van der Waals surface area contributed by atoms with Gasteiger partial charge in [0.25, 0.3) is 0 Å². The van der Waals surface area contributed by atoms with Crippen molar-refractivity contribution in [1.82, 2.24) is 10.4 Å². The molecule has 2 aromatic carbocycles. The third-order valence-electron chi connectivity index (χ3n) is 3.91. The van der Waals surface area contributed by atoms with Gasteiger partial charge in [-0.3, -0.25) is 9.69 Å². The molecule has 1 heterocycles. The van der Waals surface area contributed by atoms with Crippen LogP contribution < -0.4 is 10.2 Å². The number of rotatable bonds is 5. The standard InChI is InChI=1S/C18H17ClFN3O3/c1-22-18(25)23(15-8-4-13(19)5-9-15)17(26-22)10-16(24)21-11-12-2-6-14(20)7-3-12/h2-9,17H,10-11H2,1H3,(H,21,24)/t17-/m0/s1. The van der Waals surface area contributed by atoms with Crippen LogP contribution in [0.5, 0.6) is 0 Å². The van der Waals surface area contributed by atoms with Gasteiger partial charge in [0.1, 0.15) is 5.82 Å². The summed E-state index contributed by atoms with van der Waals surface area (Å²) in [5.41, 5.74) is 1.36. The number of anilines is 1.